The molecule has 7 aromatic carbocycles. The molecule has 0 saturated heterocycles. The van der Waals surface area contributed by atoms with Crippen molar-refractivity contribution >= 4 is 81.3 Å². The van der Waals surface area contributed by atoms with Crippen molar-refractivity contribution in [3.8, 4) is 11.1 Å². The molecule has 202 valence electrons. The summed E-state index contributed by atoms with van der Waals surface area (Å²) in [5.74, 6) is 0. The first-order valence-electron chi connectivity index (χ1n) is 14.5. The molecule has 0 unspecified atom stereocenters. The van der Waals surface area contributed by atoms with E-state index in [1.807, 2.05) is 11.3 Å². The van der Waals surface area contributed by atoms with Crippen LogP contribution in [0, 0.1) is 0 Å². The van der Waals surface area contributed by atoms with E-state index in [4.69, 9.17) is 4.42 Å². The fraction of sp³-hybridized carbons (Fsp3) is 0. The summed E-state index contributed by atoms with van der Waals surface area (Å²) >= 11 is 1.85. The van der Waals surface area contributed by atoms with Crippen LogP contribution in [0.3, 0.4) is 0 Å². The Morgan fingerprint density at radius 2 is 1.14 bits per heavy atom. The van der Waals surface area contributed by atoms with Gasteiger partial charge in [0.2, 0.25) is 0 Å². The molecule has 0 aliphatic heterocycles. The van der Waals surface area contributed by atoms with Gasteiger partial charge in [-0.15, -0.1) is 11.3 Å². The standard InChI is InChI=1S/C40H25NOS/c1-3-10-26(11-4-1)27-18-21-30(22-19-27)41(29-13-5-2-6-14-29)33-16-9-17-35-38(33)39-36(43-35)25-24-34-37(39)32-23-20-28-12-7-8-15-31(28)40(32)42-34/h1-25H. The summed E-state index contributed by atoms with van der Waals surface area (Å²) in [4.78, 5) is 2.39. The van der Waals surface area contributed by atoms with E-state index in [1.54, 1.807) is 0 Å². The van der Waals surface area contributed by atoms with Gasteiger partial charge < -0.3 is 9.32 Å². The monoisotopic (exact) mass is 567 g/mol. The van der Waals surface area contributed by atoms with Crippen molar-refractivity contribution in [1.29, 1.82) is 0 Å². The van der Waals surface area contributed by atoms with Crippen molar-refractivity contribution in [2.45, 2.75) is 0 Å². The summed E-state index contributed by atoms with van der Waals surface area (Å²) < 4.78 is 9.13. The third-order valence-electron chi connectivity index (χ3n) is 8.45. The molecule has 0 N–H and O–H groups in total. The number of rotatable bonds is 4. The second-order valence-corrected chi connectivity index (χ2v) is 12.0. The normalized spacial score (nSPS) is 11.7. The molecule has 2 nitrogen and oxygen atoms in total. The second-order valence-electron chi connectivity index (χ2n) is 10.9. The average molecular weight is 568 g/mol. The van der Waals surface area contributed by atoms with Crippen LogP contribution in [0.4, 0.5) is 17.1 Å². The number of benzene rings is 7. The van der Waals surface area contributed by atoms with Gasteiger partial charge in [-0.25, -0.2) is 0 Å². The van der Waals surface area contributed by atoms with Gasteiger partial charge in [-0.3, -0.25) is 0 Å². The van der Waals surface area contributed by atoms with E-state index in [0.29, 0.717) is 0 Å². The fourth-order valence-electron chi connectivity index (χ4n) is 6.51. The van der Waals surface area contributed by atoms with E-state index in [2.05, 4.69) is 157 Å². The quantitative estimate of drug-likeness (QED) is 0.210. The highest BCUT2D eigenvalue weighted by atomic mass is 32.1. The SMILES string of the molecule is c1ccc(-c2ccc(N(c3ccccc3)c3cccc4sc5ccc6oc7c8ccccc8ccc7c6c5c34)cc2)cc1. The molecule has 43 heavy (non-hydrogen) atoms. The Hall–Kier alpha value is -5.38. The molecule has 0 radical (unpaired) electrons. The predicted molar refractivity (Wildman–Crippen MR) is 184 cm³/mol. The van der Waals surface area contributed by atoms with Crippen LogP contribution in [0.1, 0.15) is 0 Å². The highest BCUT2D eigenvalue weighted by molar-refractivity contribution is 7.26. The van der Waals surface area contributed by atoms with Gasteiger partial charge in [0.05, 0.1) is 5.69 Å². The number of hydrogen-bond donors (Lipinski definition) is 0. The van der Waals surface area contributed by atoms with Crippen LogP contribution in [-0.4, -0.2) is 0 Å². The lowest BCUT2D eigenvalue weighted by atomic mass is 10.0. The summed E-state index contributed by atoms with van der Waals surface area (Å²) in [7, 11) is 0. The van der Waals surface area contributed by atoms with Crippen molar-refractivity contribution in [1.82, 2.24) is 0 Å². The molecule has 0 spiro atoms. The van der Waals surface area contributed by atoms with Gasteiger partial charge in [-0.1, -0.05) is 97.1 Å². The van der Waals surface area contributed by atoms with Crippen molar-refractivity contribution in [2.24, 2.45) is 0 Å². The van der Waals surface area contributed by atoms with E-state index in [9.17, 15) is 0 Å². The lowest BCUT2D eigenvalue weighted by molar-refractivity contribution is 0.673. The van der Waals surface area contributed by atoms with Gasteiger partial charge >= 0.3 is 0 Å². The number of hydrogen-bond acceptors (Lipinski definition) is 3. The maximum Gasteiger partial charge on any atom is 0.143 e. The van der Waals surface area contributed by atoms with Gasteiger partial charge in [0.25, 0.3) is 0 Å². The Kier molecular flexibility index (Phi) is 5.40. The molecule has 0 bridgehead atoms. The Balaban J connectivity index is 1.34. The van der Waals surface area contributed by atoms with E-state index >= 15 is 0 Å². The first kappa shape index (κ1) is 24.2. The second kappa shape index (κ2) is 9.59. The van der Waals surface area contributed by atoms with Crippen molar-refractivity contribution in [3.05, 3.63) is 152 Å². The average Bonchev–Trinajstić information content (AvgIpc) is 3.65. The number of thiophene rings is 1. The molecule has 0 atom stereocenters. The van der Waals surface area contributed by atoms with Gasteiger partial charge in [0.15, 0.2) is 0 Å². The van der Waals surface area contributed by atoms with Crippen LogP contribution in [0.25, 0.3) is 64.0 Å². The third-order valence-corrected chi connectivity index (χ3v) is 9.57. The van der Waals surface area contributed by atoms with Gasteiger partial charge in [0.1, 0.15) is 11.2 Å². The highest BCUT2D eigenvalue weighted by Crippen LogP contribution is 2.49. The summed E-state index contributed by atoms with van der Waals surface area (Å²) in [5, 5.41) is 7.18. The number of nitrogens with zero attached hydrogens (tertiary/aromatic N) is 1. The molecule has 2 heterocycles. The molecule has 0 saturated carbocycles. The first-order chi connectivity index (χ1) is 21.3. The van der Waals surface area contributed by atoms with E-state index in [-0.39, 0.29) is 0 Å². The number of para-hydroxylation sites is 1. The molecule has 0 aliphatic carbocycles. The smallest absolute Gasteiger partial charge is 0.143 e. The molecule has 9 aromatic rings. The Morgan fingerprint density at radius 3 is 1.98 bits per heavy atom. The zero-order valence-electron chi connectivity index (χ0n) is 23.2. The number of anilines is 3. The molecular formula is C40H25NOS. The van der Waals surface area contributed by atoms with Crippen molar-refractivity contribution < 1.29 is 4.42 Å². The van der Waals surface area contributed by atoms with Gasteiger partial charge in [-0.05, 0) is 71.1 Å². The molecule has 0 amide bonds. The summed E-state index contributed by atoms with van der Waals surface area (Å²) in [6, 6.07) is 54.1. The minimum atomic E-state index is 0.923. The first-order valence-corrected chi connectivity index (χ1v) is 15.3. The molecule has 0 fully saturated rings. The number of furan rings is 1. The third kappa shape index (κ3) is 3.79. The zero-order valence-corrected chi connectivity index (χ0v) is 24.0. The number of fused-ring (bicyclic) bond motifs is 9. The van der Waals surface area contributed by atoms with Gasteiger partial charge in [0, 0.05) is 47.7 Å². The van der Waals surface area contributed by atoms with Crippen LogP contribution in [0.5, 0.6) is 0 Å². The molecule has 2 aromatic heterocycles. The maximum atomic E-state index is 6.61. The molecular weight excluding hydrogens is 543 g/mol. The Morgan fingerprint density at radius 1 is 0.442 bits per heavy atom. The minimum absolute atomic E-state index is 0.923. The highest BCUT2D eigenvalue weighted by Gasteiger charge is 2.22. The fourth-order valence-corrected chi connectivity index (χ4v) is 7.64. The van der Waals surface area contributed by atoms with Crippen LogP contribution in [0.2, 0.25) is 0 Å². The van der Waals surface area contributed by atoms with E-state index < -0.39 is 0 Å². The summed E-state index contributed by atoms with van der Waals surface area (Å²) in [5.41, 5.74) is 7.69. The van der Waals surface area contributed by atoms with Gasteiger partial charge in [-0.2, -0.15) is 0 Å². The summed E-state index contributed by atoms with van der Waals surface area (Å²) in [6.07, 6.45) is 0. The van der Waals surface area contributed by atoms with Crippen LogP contribution in [0.15, 0.2) is 156 Å². The van der Waals surface area contributed by atoms with Crippen LogP contribution in [-0.2, 0) is 0 Å². The van der Waals surface area contributed by atoms with Crippen LogP contribution >= 0.6 is 11.3 Å². The Bertz CT molecular complexity index is 2440. The van der Waals surface area contributed by atoms with Crippen molar-refractivity contribution in [2.75, 3.05) is 4.90 Å². The Labute approximate surface area is 252 Å². The molecule has 0 aliphatic rings. The van der Waals surface area contributed by atoms with Crippen molar-refractivity contribution in [3.63, 3.8) is 0 Å². The topological polar surface area (TPSA) is 16.4 Å². The summed E-state index contributed by atoms with van der Waals surface area (Å²) in [6.45, 7) is 0. The van der Waals surface area contributed by atoms with Crippen LogP contribution < -0.4 is 4.90 Å². The molecule has 3 heteroatoms. The largest absolute Gasteiger partial charge is 0.455 e. The minimum Gasteiger partial charge on any atom is -0.455 e. The van der Waals surface area contributed by atoms with E-state index in [1.165, 1.54) is 42.1 Å². The maximum absolute atomic E-state index is 6.61. The lowest BCUT2D eigenvalue weighted by Gasteiger charge is -2.26. The predicted octanol–water partition coefficient (Wildman–Crippen LogP) is 12.2. The lowest BCUT2D eigenvalue weighted by Crippen LogP contribution is -2.10. The van der Waals surface area contributed by atoms with E-state index in [0.717, 1.165) is 39.0 Å². The zero-order chi connectivity index (χ0) is 28.3. The molecule has 9 rings (SSSR count).